The molecule has 28 heavy (non-hydrogen) atoms. The third-order valence-corrected chi connectivity index (χ3v) is 4.62. The van der Waals surface area contributed by atoms with E-state index in [0.29, 0.717) is 11.3 Å². The summed E-state index contributed by atoms with van der Waals surface area (Å²) in [6, 6.07) is 19.1. The van der Waals surface area contributed by atoms with Gasteiger partial charge in [0.25, 0.3) is 5.91 Å². The van der Waals surface area contributed by atoms with Crippen LogP contribution in [0.5, 0.6) is 5.75 Å². The lowest BCUT2D eigenvalue weighted by molar-refractivity contribution is -0.123. The molecule has 1 amide bonds. The molecule has 3 aromatic carbocycles. The SMILES string of the molecule is COC(=O)c1ccc(C)c(OCC(=O)NC(C)c2ccc3ccccc3c2)c1. The van der Waals surface area contributed by atoms with E-state index in [4.69, 9.17) is 9.47 Å². The summed E-state index contributed by atoms with van der Waals surface area (Å²) in [6.45, 7) is 3.65. The van der Waals surface area contributed by atoms with Gasteiger partial charge in [-0.1, -0.05) is 42.5 Å². The van der Waals surface area contributed by atoms with E-state index in [0.717, 1.165) is 21.9 Å². The highest BCUT2D eigenvalue weighted by atomic mass is 16.5. The third kappa shape index (κ3) is 4.49. The normalized spacial score (nSPS) is 11.7. The Labute approximate surface area is 164 Å². The highest BCUT2D eigenvalue weighted by molar-refractivity contribution is 5.90. The second-order valence-electron chi connectivity index (χ2n) is 6.66. The molecule has 0 saturated heterocycles. The molecule has 0 saturated carbocycles. The lowest BCUT2D eigenvalue weighted by Gasteiger charge is -2.16. The number of hydrogen-bond donors (Lipinski definition) is 1. The number of rotatable bonds is 6. The van der Waals surface area contributed by atoms with Crippen LogP contribution in [0.3, 0.4) is 0 Å². The number of carbonyl (C=O) groups excluding carboxylic acids is 2. The van der Waals surface area contributed by atoms with Gasteiger partial charge in [-0.25, -0.2) is 4.79 Å². The molecule has 0 spiro atoms. The van der Waals surface area contributed by atoms with Crippen LogP contribution in [0.1, 0.15) is 34.5 Å². The van der Waals surface area contributed by atoms with E-state index in [1.807, 2.05) is 44.2 Å². The summed E-state index contributed by atoms with van der Waals surface area (Å²) in [4.78, 5) is 24.0. The third-order valence-electron chi connectivity index (χ3n) is 4.62. The van der Waals surface area contributed by atoms with E-state index in [2.05, 4.69) is 17.4 Å². The van der Waals surface area contributed by atoms with E-state index >= 15 is 0 Å². The summed E-state index contributed by atoms with van der Waals surface area (Å²) in [5, 5.41) is 5.24. The van der Waals surface area contributed by atoms with Gasteiger partial charge in [-0.3, -0.25) is 4.79 Å². The van der Waals surface area contributed by atoms with Crippen LogP contribution in [0.15, 0.2) is 60.7 Å². The summed E-state index contributed by atoms with van der Waals surface area (Å²) < 4.78 is 10.3. The Balaban J connectivity index is 1.62. The number of hydrogen-bond acceptors (Lipinski definition) is 4. The number of nitrogens with one attached hydrogen (secondary N) is 1. The van der Waals surface area contributed by atoms with E-state index in [1.54, 1.807) is 18.2 Å². The molecule has 0 aliphatic rings. The molecule has 0 aromatic heterocycles. The van der Waals surface area contributed by atoms with Gasteiger partial charge in [0.2, 0.25) is 0 Å². The van der Waals surface area contributed by atoms with Crippen LogP contribution in [0.4, 0.5) is 0 Å². The molecule has 0 aliphatic heterocycles. The molecule has 0 radical (unpaired) electrons. The minimum absolute atomic E-state index is 0.136. The second-order valence-corrected chi connectivity index (χ2v) is 6.66. The maximum absolute atomic E-state index is 12.3. The Kier molecular flexibility index (Phi) is 5.94. The van der Waals surface area contributed by atoms with Crippen molar-refractivity contribution < 1.29 is 19.1 Å². The number of fused-ring (bicyclic) bond motifs is 1. The molecular formula is C23H23NO4. The molecule has 0 heterocycles. The maximum atomic E-state index is 12.3. The fourth-order valence-electron chi connectivity index (χ4n) is 2.99. The number of amides is 1. The lowest BCUT2D eigenvalue weighted by atomic mass is 10.0. The van der Waals surface area contributed by atoms with Gasteiger partial charge in [-0.2, -0.15) is 0 Å². The molecule has 3 aromatic rings. The fraction of sp³-hybridized carbons (Fsp3) is 0.217. The van der Waals surface area contributed by atoms with Crippen molar-refractivity contribution in [1.82, 2.24) is 5.32 Å². The monoisotopic (exact) mass is 377 g/mol. The van der Waals surface area contributed by atoms with Crippen LogP contribution in [-0.2, 0) is 9.53 Å². The predicted molar refractivity (Wildman–Crippen MR) is 109 cm³/mol. The summed E-state index contributed by atoms with van der Waals surface area (Å²) in [7, 11) is 1.32. The summed E-state index contributed by atoms with van der Waals surface area (Å²) in [5.74, 6) is -0.195. The van der Waals surface area contributed by atoms with Crippen LogP contribution < -0.4 is 10.1 Å². The van der Waals surface area contributed by atoms with Crippen molar-refractivity contribution in [2.24, 2.45) is 0 Å². The highest BCUT2D eigenvalue weighted by Crippen LogP contribution is 2.21. The second kappa shape index (κ2) is 8.57. The van der Waals surface area contributed by atoms with Crippen molar-refractivity contribution >= 4 is 22.6 Å². The topological polar surface area (TPSA) is 64.6 Å². The zero-order chi connectivity index (χ0) is 20.1. The predicted octanol–water partition coefficient (Wildman–Crippen LogP) is 4.19. The average molecular weight is 377 g/mol. The average Bonchev–Trinajstić information content (AvgIpc) is 2.72. The Hall–Kier alpha value is -3.34. The molecule has 1 N–H and O–H groups in total. The number of benzene rings is 3. The number of aryl methyl sites for hydroxylation is 1. The number of esters is 1. The molecule has 3 rings (SSSR count). The number of ether oxygens (including phenoxy) is 2. The molecule has 5 nitrogen and oxygen atoms in total. The molecule has 0 bridgehead atoms. The quantitative estimate of drug-likeness (QED) is 0.654. The first kappa shape index (κ1) is 19.4. The zero-order valence-corrected chi connectivity index (χ0v) is 16.2. The van der Waals surface area contributed by atoms with Crippen molar-refractivity contribution in [1.29, 1.82) is 0 Å². The number of methoxy groups -OCH3 is 1. The maximum Gasteiger partial charge on any atom is 0.337 e. The molecule has 1 unspecified atom stereocenters. The standard InChI is InChI=1S/C23H23NO4/c1-15-8-9-20(23(26)27-3)13-21(15)28-14-22(25)24-16(2)18-11-10-17-6-4-5-7-19(17)12-18/h4-13,16H,14H2,1-3H3,(H,24,25). The lowest BCUT2D eigenvalue weighted by Crippen LogP contribution is -2.31. The smallest absolute Gasteiger partial charge is 0.337 e. The Morgan fingerprint density at radius 2 is 1.75 bits per heavy atom. The van der Waals surface area contributed by atoms with Gasteiger partial charge in [0.15, 0.2) is 6.61 Å². The van der Waals surface area contributed by atoms with Gasteiger partial charge in [-0.05, 0) is 53.9 Å². The first-order valence-electron chi connectivity index (χ1n) is 9.08. The first-order valence-corrected chi connectivity index (χ1v) is 9.08. The van der Waals surface area contributed by atoms with E-state index in [1.165, 1.54) is 7.11 Å². The summed E-state index contributed by atoms with van der Waals surface area (Å²) >= 11 is 0. The number of carbonyl (C=O) groups is 2. The van der Waals surface area contributed by atoms with E-state index in [9.17, 15) is 9.59 Å². The Morgan fingerprint density at radius 3 is 2.50 bits per heavy atom. The van der Waals surface area contributed by atoms with Crippen LogP contribution in [-0.4, -0.2) is 25.6 Å². The first-order chi connectivity index (χ1) is 13.5. The fourth-order valence-corrected chi connectivity index (χ4v) is 2.99. The van der Waals surface area contributed by atoms with Crippen molar-refractivity contribution in [2.75, 3.05) is 13.7 Å². The van der Waals surface area contributed by atoms with Crippen LogP contribution in [0.2, 0.25) is 0 Å². The van der Waals surface area contributed by atoms with Crippen LogP contribution >= 0.6 is 0 Å². The van der Waals surface area contributed by atoms with E-state index < -0.39 is 5.97 Å². The molecule has 1 atom stereocenters. The largest absolute Gasteiger partial charge is 0.483 e. The van der Waals surface area contributed by atoms with Crippen molar-refractivity contribution in [3.63, 3.8) is 0 Å². The summed E-state index contributed by atoms with van der Waals surface area (Å²) in [5.41, 5.74) is 2.24. The van der Waals surface area contributed by atoms with Gasteiger partial charge in [0.1, 0.15) is 5.75 Å². The molecule has 5 heteroatoms. The van der Waals surface area contributed by atoms with Gasteiger partial charge in [0, 0.05) is 0 Å². The molecule has 0 aliphatic carbocycles. The van der Waals surface area contributed by atoms with Gasteiger partial charge in [-0.15, -0.1) is 0 Å². The van der Waals surface area contributed by atoms with Gasteiger partial charge < -0.3 is 14.8 Å². The highest BCUT2D eigenvalue weighted by Gasteiger charge is 2.13. The van der Waals surface area contributed by atoms with Gasteiger partial charge in [0.05, 0.1) is 18.7 Å². The molecular weight excluding hydrogens is 354 g/mol. The Morgan fingerprint density at radius 1 is 1.00 bits per heavy atom. The van der Waals surface area contributed by atoms with Crippen LogP contribution in [0.25, 0.3) is 10.8 Å². The molecule has 0 fully saturated rings. The Bertz CT molecular complexity index is 1010. The summed E-state index contributed by atoms with van der Waals surface area (Å²) in [6.07, 6.45) is 0. The molecule has 144 valence electrons. The van der Waals surface area contributed by atoms with Crippen molar-refractivity contribution in [3.05, 3.63) is 77.4 Å². The van der Waals surface area contributed by atoms with Gasteiger partial charge >= 0.3 is 5.97 Å². The minimum atomic E-state index is -0.445. The zero-order valence-electron chi connectivity index (χ0n) is 16.2. The van der Waals surface area contributed by atoms with Crippen LogP contribution in [0, 0.1) is 6.92 Å². The van der Waals surface area contributed by atoms with E-state index in [-0.39, 0.29) is 18.6 Å². The van der Waals surface area contributed by atoms with Crippen molar-refractivity contribution in [3.8, 4) is 5.75 Å². The van der Waals surface area contributed by atoms with Crippen molar-refractivity contribution in [2.45, 2.75) is 19.9 Å². The minimum Gasteiger partial charge on any atom is -0.483 e.